The molecular weight excluding hydrogens is 267 g/mol. The molecule has 4 heteroatoms. The van der Waals surface area contributed by atoms with Crippen LogP contribution in [0.3, 0.4) is 0 Å². The summed E-state index contributed by atoms with van der Waals surface area (Å²) in [6.45, 7) is 0. The van der Waals surface area contributed by atoms with E-state index in [1.807, 2.05) is 42.3 Å². The molecule has 0 bridgehead atoms. The monoisotopic (exact) mass is 282 g/mol. The molecule has 1 aromatic heterocycles. The van der Waals surface area contributed by atoms with Crippen molar-refractivity contribution in [2.45, 2.75) is 12.8 Å². The topological polar surface area (TPSA) is 17.8 Å². The first kappa shape index (κ1) is 13.4. The molecule has 0 spiro atoms. The van der Waals surface area contributed by atoms with Gasteiger partial charge in [0, 0.05) is 24.1 Å². The number of hydrogen-bond donors (Lipinski definition) is 0. The zero-order valence-electron chi connectivity index (χ0n) is 10.3. The summed E-state index contributed by atoms with van der Waals surface area (Å²) in [7, 11) is 1.92. The summed E-state index contributed by atoms with van der Waals surface area (Å²) in [6.07, 6.45) is 5.76. The second-order valence-electron chi connectivity index (χ2n) is 4.54. The maximum absolute atomic E-state index is 6.17. The zero-order valence-corrected chi connectivity index (χ0v) is 11.8. The molecule has 0 N–H and O–H groups in total. The van der Waals surface area contributed by atoms with Gasteiger partial charge in [-0.2, -0.15) is 5.10 Å². The van der Waals surface area contributed by atoms with Crippen molar-refractivity contribution in [3.63, 3.8) is 0 Å². The van der Waals surface area contributed by atoms with Crippen LogP contribution in [0.15, 0.2) is 36.7 Å². The first-order chi connectivity index (χ1) is 8.69. The molecule has 1 heterocycles. The van der Waals surface area contributed by atoms with E-state index in [-0.39, 0.29) is 0 Å². The van der Waals surface area contributed by atoms with Gasteiger partial charge in [-0.3, -0.25) is 4.68 Å². The van der Waals surface area contributed by atoms with Gasteiger partial charge in [0.25, 0.3) is 0 Å². The summed E-state index contributed by atoms with van der Waals surface area (Å²) in [6, 6.07) is 7.94. The lowest BCUT2D eigenvalue weighted by Gasteiger charge is -2.13. The van der Waals surface area contributed by atoms with Crippen LogP contribution < -0.4 is 0 Å². The van der Waals surface area contributed by atoms with E-state index in [0.717, 1.165) is 23.4 Å². The Hall–Kier alpha value is -0.990. The number of hydrogen-bond acceptors (Lipinski definition) is 1. The van der Waals surface area contributed by atoms with E-state index >= 15 is 0 Å². The summed E-state index contributed by atoms with van der Waals surface area (Å²) >= 11 is 12.2. The van der Waals surface area contributed by atoms with Crippen LogP contribution in [-0.4, -0.2) is 15.7 Å². The minimum Gasteiger partial charge on any atom is -0.276 e. The molecule has 0 aliphatic carbocycles. The van der Waals surface area contributed by atoms with Crippen molar-refractivity contribution in [3.05, 3.63) is 52.8 Å². The molecule has 0 fully saturated rings. The van der Waals surface area contributed by atoms with Crippen LogP contribution in [0.2, 0.25) is 5.02 Å². The molecule has 2 aromatic rings. The van der Waals surface area contributed by atoms with Crippen molar-refractivity contribution in [1.29, 1.82) is 0 Å². The van der Waals surface area contributed by atoms with Gasteiger partial charge in [0.15, 0.2) is 0 Å². The van der Waals surface area contributed by atoms with Gasteiger partial charge in [-0.15, -0.1) is 11.6 Å². The van der Waals surface area contributed by atoms with Crippen LogP contribution in [0.25, 0.3) is 0 Å². The average molecular weight is 283 g/mol. The van der Waals surface area contributed by atoms with Crippen molar-refractivity contribution < 1.29 is 0 Å². The summed E-state index contributed by atoms with van der Waals surface area (Å²) in [5.41, 5.74) is 2.38. The highest BCUT2D eigenvalue weighted by atomic mass is 35.5. The second-order valence-corrected chi connectivity index (χ2v) is 5.26. The van der Waals surface area contributed by atoms with E-state index in [4.69, 9.17) is 23.2 Å². The third-order valence-corrected chi connectivity index (χ3v) is 3.77. The molecule has 0 aliphatic heterocycles. The number of halogens is 2. The Labute approximate surface area is 118 Å². The number of nitrogens with zero attached hydrogens (tertiary/aromatic N) is 2. The smallest absolute Gasteiger partial charge is 0.0521 e. The fourth-order valence-corrected chi connectivity index (χ4v) is 2.50. The second kappa shape index (κ2) is 6.26. The lowest BCUT2D eigenvalue weighted by atomic mass is 9.95. The van der Waals surface area contributed by atoms with Gasteiger partial charge in [-0.25, -0.2) is 0 Å². The largest absolute Gasteiger partial charge is 0.276 e. The molecule has 1 aromatic carbocycles. The van der Waals surface area contributed by atoms with Gasteiger partial charge >= 0.3 is 0 Å². The van der Waals surface area contributed by atoms with Crippen molar-refractivity contribution in [3.8, 4) is 0 Å². The fraction of sp³-hybridized carbons (Fsp3) is 0.357. The Kier molecular flexibility index (Phi) is 4.67. The van der Waals surface area contributed by atoms with E-state index in [1.165, 1.54) is 5.56 Å². The average Bonchev–Trinajstić information content (AvgIpc) is 2.76. The third-order valence-electron chi connectivity index (χ3n) is 2.97. The number of aryl methyl sites for hydroxylation is 1. The van der Waals surface area contributed by atoms with Crippen molar-refractivity contribution in [1.82, 2.24) is 9.78 Å². The van der Waals surface area contributed by atoms with Crippen LogP contribution in [0.4, 0.5) is 0 Å². The minimum absolute atomic E-state index is 0.385. The van der Waals surface area contributed by atoms with Gasteiger partial charge in [0.2, 0.25) is 0 Å². The molecule has 1 unspecified atom stereocenters. The predicted molar refractivity (Wildman–Crippen MR) is 76.3 cm³/mol. The van der Waals surface area contributed by atoms with E-state index in [9.17, 15) is 0 Å². The van der Waals surface area contributed by atoms with Crippen molar-refractivity contribution in [2.75, 3.05) is 5.88 Å². The van der Waals surface area contributed by atoms with Gasteiger partial charge in [0.05, 0.1) is 6.20 Å². The summed E-state index contributed by atoms with van der Waals surface area (Å²) < 4.78 is 1.82. The highest BCUT2D eigenvalue weighted by molar-refractivity contribution is 6.31. The Morgan fingerprint density at radius 2 is 2.06 bits per heavy atom. The Bertz CT molecular complexity index is 508. The van der Waals surface area contributed by atoms with Crippen LogP contribution in [0, 0.1) is 5.92 Å². The van der Waals surface area contributed by atoms with Gasteiger partial charge < -0.3 is 0 Å². The molecule has 2 nitrogen and oxygen atoms in total. The number of aromatic nitrogens is 2. The number of alkyl halides is 1. The molecule has 0 radical (unpaired) electrons. The first-order valence-corrected chi connectivity index (χ1v) is 6.87. The Morgan fingerprint density at radius 3 is 2.67 bits per heavy atom. The third kappa shape index (κ3) is 3.50. The maximum atomic E-state index is 6.17. The first-order valence-electron chi connectivity index (χ1n) is 5.96. The zero-order chi connectivity index (χ0) is 13.0. The van der Waals surface area contributed by atoms with Crippen LogP contribution in [0.1, 0.15) is 11.1 Å². The lowest BCUT2D eigenvalue weighted by Crippen LogP contribution is -2.10. The number of rotatable bonds is 5. The summed E-state index contributed by atoms with van der Waals surface area (Å²) in [5.74, 6) is 1.01. The van der Waals surface area contributed by atoms with Crippen molar-refractivity contribution >= 4 is 23.2 Å². The number of benzene rings is 1. The summed E-state index contributed by atoms with van der Waals surface area (Å²) in [5, 5.41) is 4.99. The molecule has 0 amide bonds. The molecule has 0 saturated carbocycles. The van der Waals surface area contributed by atoms with Crippen LogP contribution in [-0.2, 0) is 19.9 Å². The van der Waals surface area contributed by atoms with Gasteiger partial charge in [-0.05, 0) is 36.0 Å². The summed E-state index contributed by atoms with van der Waals surface area (Å²) in [4.78, 5) is 0. The van der Waals surface area contributed by atoms with Gasteiger partial charge in [0.1, 0.15) is 0 Å². The van der Waals surface area contributed by atoms with Crippen LogP contribution in [0.5, 0.6) is 0 Å². The molecule has 1 atom stereocenters. The maximum Gasteiger partial charge on any atom is 0.0521 e. The quantitative estimate of drug-likeness (QED) is 0.765. The van der Waals surface area contributed by atoms with E-state index in [0.29, 0.717) is 11.8 Å². The predicted octanol–water partition coefficient (Wildman–Crippen LogP) is 3.71. The highest BCUT2D eigenvalue weighted by Crippen LogP contribution is 2.21. The minimum atomic E-state index is 0.385. The normalized spacial score (nSPS) is 12.6. The molecular formula is C14H16Cl2N2. The van der Waals surface area contributed by atoms with Crippen molar-refractivity contribution in [2.24, 2.45) is 13.0 Å². The molecule has 0 aliphatic rings. The highest BCUT2D eigenvalue weighted by Gasteiger charge is 2.12. The molecule has 0 saturated heterocycles. The molecule has 18 heavy (non-hydrogen) atoms. The Balaban J connectivity index is 2.04. The Morgan fingerprint density at radius 1 is 1.28 bits per heavy atom. The SMILES string of the molecule is Cn1cc(CC(CCl)Cc2ccccc2Cl)cn1. The van der Waals surface area contributed by atoms with E-state index in [1.54, 1.807) is 0 Å². The lowest BCUT2D eigenvalue weighted by molar-refractivity contribution is 0.583. The molecule has 2 rings (SSSR count). The van der Waals surface area contributed by atoms with E-state index in [2.05, 4.69) is 11.2 Å². The van der Waals surface area contributed by atoms with Crippen LogP contribution >= 0.6 is 23.2 Å². The fourth-order valence-electron chi connectivity index (χ4n) is 2.07. The van der Waals surface area contributed by atoms with E-state index < -0.39 is 0 Å². The van der Waals surface area contributed by atoms with Gasteiger partial charge in [-0.1, -0.05) is 29.8 Å². The standard InChI is InChI=1S/C14H16Cl2N2/c1-18-10-12(9-17-18)6-11(8-15)7-13-4-2-3-5-14(13)16/h2-5,9-11H,6-8H2,1H3. The molecule has 96 valence electrons.